The van der Waals surface area contributed by atoms with E-state index >= 15 is 0 Å². The maximum absolute atomic E-state index is 13.1. The summed E-state index contributed by atoms with van der Waals surface area (Å²) >= 11 is 0. The molecule has 33 heavy (non-hydrogen) atoms. The van der Waals surface area contributed by atoms with E-state index in [2.05, 4.69) is 9.98 Å². The quantitative estimate of drug-likeness (QED) is 0.443. The van der Waals surface area contributed by atoms with Gasteiger partial charge in [0.15, 0.2) is 0 Å². The van der Waals surface area contributed by atoms with Crippen molar-refractivity contribution in [2.45, 2.75) is 37.7 Å². The predicted molar refractivity (Wildman–Crippen MR) is 111 cm³/mol. The molecule has 2 aromatic carbocycles. The lowest BCUT2D eigenvalue weighted by atomic mass is 9.95. The van der Waals surface area contributed by atoms with Crippen molar-refractivity contribution in [3.05, 3.63) is 70.9 Å². The number of aromatic nitrogens is 1. The normalized spacial score (nSPS) is 17.2. The zero-order chi connectivity index (χ0) is 24.0. The number of halogens is 6. The summed E-state index contributed by atoms with van der Waals surface area (Å²) in [5.74, 6) is 0. The van der Waals surface area contributed by atoms with E-state index in [0.29, 0.717) is 12.1 Å². The van der Waals surface area contributed by atoms with Gasteiger partial charge in [-0.3, -0.25) is 0 Å². The lowest BCUT2D eigenvalue weighted by Crippen LogP contribution is -2.35. The van der Waals surface area contributed by atoms with Gasteiger partial charge in [-0.25, -0.2) is 9.79 Å². The van der Waals surface area contributed by atoms with Crippen molar-refractivity contribution in [1.29, 1.82) is 0 Å². The molecule has 174 valence electrons. The Kier molecular flexibility index (Phi) is 5.71. The highest BCUT2D eigenvalue weighted by Gasteiger charge is 2.37. The number of aryl methyl sites for hydroxylation is 1. The second-order valence-electron chi connectivity index (χ2n) is 8.00. The lowest BCUT2D eigenvalue weighted by molar-refractivity contribution is -0.143. The molecule has 1 aromatic heterocycles. The number of aliphatic imine (C=N–C) groups is 1. The summed E-state index contributed by atoms with van der Waals surface area (Å²) in [5.41, 5.74) is -0.472. The van der Waals surface area contributed by atoms with E-state index in [1.165, 1.54) is 11.9 Å². The van der Waals surface area contributed by atoms with Gasteiger partial charge in [0.2, 0.25) is 0 Å². The average Bonchev–Trinajstić information content (AvgIpc) is 3.26. The molecule has 0 spiro atoms. The van der Waals surface area contributed by atoms with Crippen LogP contribution in [0.1, 0.15) is 28.7 Å². The summed E-state index contributed by atoms with van der Waals surface area (Å²) < 4.78 is 78.9. The van der Waals surface area contributed by atoms with Gasteiger partial charge in [-0.2, -0.15) is 26.3 Å². The van der Waals surface area contributed by atoms with Crippen molar-refractivity contribution < 1.29 is 31.1 Å². The zero-order valence-electron chi connectivity index (χ0n) is 17.4. The molecule has 4 nitrogen and oxygen atoms in total. The molecule has 2 heterocycles. The summed E-state index contributed by atoms with van der Waals surface area (Å²) in [4.78, 5) is 20.8. The summed E-state index contributed by atoms with van der Waals surface area (Å²) in [6, 6.07) is 8.10. The van der Waals surface area contributed by atoms with Crippen LogP contribution in [-0.4, -0.2) is 34.7 Å². The molecule has 0 saturated heterocycles. The highest BCUT2D eigenvalue weighted by atomic mass is 19.4. The number of alkyl halides is 6. The molecule has 0 fully saturated rings. The first-order valence-corrected chi connectivity index (χ1v) is 10.1. The van der Waals surface area contributed by atoms with Crippen molar-refractivity contribution >= 4 is 22.6 Å². The largest absolute Gasteiger partial charge is 0.416 e. The van der Waals surface area contributed by atoms with Crippen LogP contribution in [0.2, 0.25) is 0 Å². The molecule has 0 aliphatic carbocycles. The number of nitrogens with one attached hydrogen (secondary N) is 1. The molecular weight excluding hydrogens is 448 g/mol. The minimum atomic E-state index is -4.90. The van der Waals surface area contributed by atoms with Crippen LogP contribution < -0.4 is 0 Å². The Morgan fingerprint density at radius 2 is 1.64 bits per heavy atom. The molecule has 0 saturated carbocycles. The van der Waals surface area contributed by atoms with Gasteiger partial charge in [-0.05, 0) is 48.2 Å². The number of rotatable bonds is 5. The first kappa shape index (κ1) is 22.9. The number of aromatic amines is 1. The maximum Gasteiger partial charge on any atom is 0.416 e. The number of para-hydroxylation sites is 1. The Labute approximate surface area is 184 Å². The Balaban J connectivity index is 1.58. The van der Waals surface area contributed by atoms with Crippen LogP contribution in [0, 0.1) is 0 Å². The van der Waals surface area contributed by atoms with Crippen molar-refractivity contribution in [1.82, 2.24) is 9.88 Å². The van der Waals surface area contributed by atoms with E-state index in [9.17, 15) is 31.1 Å². The molecule has 1 aliphatic heterocycles. The Morgan fingerprint density at radius 3 is 2.27 bits per heavy atom. The molecule has 3 aromatic rings. The topological polar surface area (TPSA) is 48.5 Å². The molecule has 1 atom stereocenters. The standard InChI is InChI=1S/C23H19F6N3O/c1-32-20(7-6-13-8-15(22(24,25)26)11-16(9-13)23(27,28)29)19(31-21(32)33)10-14-12-30-18-5-3-2-4-17(14)18/h2-5,8-9,11-12,20,30H,6-7,10H2,1H3. The van der Waals surface area contributed by atoms with Gasteiger partial charge in [0.05, 0.1) is 22.9 Å². The number of amides is 2. The van der Waals surface area contributed by atoms with Gasteiger partial charge in [0.1, 0.15) is 0 Å². The second kappa shape index (κ2) is 8.24. The fourth-order valence-corrected chi connectivity index (χ4v) is 4.09. The summed E-state index contributed by atoms with van der Waals surface area (Å²) in [7, 11) is 1.52. The fraction of sp³-hybridized carbons (Fsp3) is 0.304. The molecule has 2 amide bonds. The highest BCUT2D eigenvalue weighted by Crippen LogP contribution is 2.37. The van der Waals surface area contributed by atoms with E-state index in [-0.39, 0.29) is 24.5 Å². The van der Waals surface area contributed by atoms with Crippen LogP contribution in [0.25, 0.3) is 10.9 Å². The van der Waals surface area contributed by atoms with Crippen LogP contribution in [0.3, 0.4) is 0 Å². The number of H-pyrrole nitrogens is 1. The van der Waals surface area contributed by atoms with E-state index in [4.69, 9.17) is 0 Å². The van der Waals surface area contributed by atoms with Gasteiger partial charge in [0, 0.05) is 30.6 Å². The van der Waals surface area contributed by atoms with Crippen LogP contribution in [0.15, 0.2) is 53.7 Å². The van der Waals surface area contributed by atoms with Crippen LogP contribution in [0.4, 0.5) is 31.1 Å². The molecule has 0 radical (unpaired) electrons. The molecule has 10 heteroatoms. The smallest absolute Gasteiger partial charge is 0.361 e. The number of urea groups is 1. The Hall–Kier alpha value is -3.30. The summed E-state index contributed by atoms with van der Waals surface area (Å²) in [5, 5.41) is 0.952. The van der Waals surface area contributed by atoms with Crippen LogP contribution in [-0.2, 0) is 25.2 Å². The predicted octanol–water partition coefficient (Wildman–Crippen LogP) is 6.26. The first-order valence-electron chi connectivity index (χ1n) is 10.1. The molecule has 4 rings (SSSR count). The van der Waals surface area contributed by atoms with Crippen molar-refractivity contribution in [2.24, 2.45) is 4.99 Å². The second-order valence-corrected chi connectivity index (χ2v) is 8.00. The van der Waals surface area contributed by atoms with E-state index in [0.717, 1.165) is 28.6 Å². The monoisotopic (exact) mass is 467 g/mol. The van der Waals surface area contributed by atoms with Gasteiger partial charge >= 0.3 is 18.4 Å². The summed E-state index contributed by atoms with van der Waals surface area (Å²) in [6.45, 7) is 0. The van der Waals surface area contributed by atoms with E-state index in [1.54, 1.807) is 6.20 Å². The van der Waals surface area contributed by atoms with E-state index in [1.807, 2.05) is 24.3 Å². The van der Waals surface area contributed by atoms with Gasteiger partial charge in [-0.1, -0.05) is 18.2 Å². The van der Waals surface area contributed by atoms with Crippen LogP contribution >= 0.6 is 0 Å². The molecule has 1 N–H and O–H groups in total. The third kappa shape index (κ3) is 4.74. The van der Waals surface area contributed by atoms with E-state index < -0.39 is 35.6 Å². The number of benzene rings is 2. The van der Waals surface area contributed by atoms with Crippen LogP contribution in [0.5, 0.6) is 0 Å². The number of carbonyl (C=O) groups is 1. The maximum atomic E-state index is 13.1. The Morgan fingerprint density at radius 1 is 1.00 bits per heavy atom. The average molecular weight is 467 g/mol. The minimum Gasteiger partial charge on any atom is -0.361 e. The number of carbonyl (C=O) groups excluding carboxylic acids is 1. The molecule has 0 bridgehead atoms. The molecular formula is C23H19F6N3O. The number of nitrogens with zero attached hydrogens (tertiary/aromatic N) is 2. The van der Waals surface area contributed by atoms with Crippen molar-refractivity contribution in [3.8, 4) is 0 Å². The van der Waals surface area contributed by atoms with Gasteiger partial charge in [-0.15, -0.1) is 0 Å². The van der Waals surface area contributed by atoms with Gasteiger partial charge in [0.25, 0.3) is 0 Å². The van der Waals surface area contributed by atoms with Crippen molar-refractivity contribution in [3.63, 3.8) is 0 Å². The summed E-state index contributed by atoms with van der Waals surface area (Å²) in [6.07, 6.45) is -7.61. The number of hydrogen-bond acceptors (Lipinski definition) is 1. The SMILES string of the molecule is CN1C(=O)N=C(Cc2c[nH]c3ccccc23)C1CCc1cc(C(F)(F)F)cc(C(F)(F)F)c1. The number of fused-ring (bicyclic) bond motifs is 1. The molecule has 1 unspecified atom stereocenters. The zero-order valence-corrected chi connectivity index (χ0v) is 17.4. The van der Waals surface area contributed by atoms with Crippen molar-refractivity contribution in [2.75, 3.05) is 7.05 Å². The number of hydrogen-bond donors (Lipinski definition) is 1. The third-order valence-corrected chi connectivity index (χ3v) is 5.79. The third-order valence-electron chi connectivity index (χ3n) is 5.79. The highest BCUT2D eigenvalue weighted by molar-refractivity contribution is 6.06. The molecule has 1 aliphatic rings. The lowest BCUT2D eigenvalue weighted by Gasteiger charge is -2.22. The first-order chi connectivity index (χ1) is 15.4. The Bertz CT molecular complexity index is 1190. The fourth-order valence-electron chi connectivity index (χ4n) is 4.09. The van der Waals surface area contributed by atoms with Gasteiger partial charge < -0.3 is 9.88 Å². The minimum absolute atomic E-state index is 0.0812.